The van der Waals surface area contributed by atoms with Crippen molar-refractivity contribution in [2.24, 2.45) is 0 Å². The van der Waals surface area contributed by atoms with Crippen molar-refractivity contribution >= 4 is 0 Å². The minimum Gasteiger partial charge on any atom is -0.492 e. The predicted molar refractivity (Wildman–Crippen MR) is 87.9 cm³/mol. The highest BCUT2D eigenvalue weighted by Crippen LogP contribution is 2.35. The van der Waals surface area contributed by atoms with Gasteiger partial charge in [0.15, 0.2) is 11.5 Å². The fourth-order valence-corrected chi connectivity index (χ4v) is 3.30. The van der Waals surface area contributed by atoms with Gasteiger partial charge in [0.1, 0.15) is 18.2 Å². The second-order valence-corrected chi connectivity index (χ2v) is 6.18. The summed E-state index contributed by atoms with van der Waals surface area (Å²) in [6, 6.07) is 12.9. The second-order valence-electron chi connectivity index (χ2n) is 6.18. The van der Waals surface area contributed by atoms with Gasteiger partial charge in [0, 0.05) is 24.2 Å². The Hall–Kier alpha value is -2.27. The maximum atomic E-state index is 13.9. The number of halogens is 1. The Morgan fingerprint density at radius 3 is 2.92 bits per heavy atom. The minimum atomic E-state index is -0.139. The highest BCUT2D eigenvalue weighted by Gasteiger charge is 2.26. The molecule has 1 fully saturated rings. The zero-order chi connectivity index (χ0) is 16.4. The van der Waals surface area contributed by atoms with Gasteiger partial charge < -0.3 is 14.2 Å². The quantitative estimate of drug-likeness (QED) is 0.839. The molecule has 2 aliphatic heterocycles. The van der Waals surface area contributed by atoms with Gasteiger partial charge in [-0.3, -0.25) is 4.90 Å². The molecule has 1 atom stereocenters. The summed E-state index contributed by atoms with van der Waals surface area (Å²) in [5, 5.41) is 0. The van der Waals surface area contributed by atoms with E-state index in [1.165, 1.54) is 6.07 Å². The van der Waals surface area contributed by atoms with E-state index in [4.69, 9.17) is 14.2 Å². The fraction of sp³-hybridized carbons (Fsp3) is 0.368. The SMILES string of the molecule is Fc1ccccc1CN1CCC[C@@H]1COc1ccc2c(c1)OCO2. The molecule has 1 saturated heterocycles. The lowest BCUT2D eigenvalue weighted by Crippen LogP contribution is -2.34. The predicted octanol–water partition coefficient (Wildman–Crippen LogP) is 3.60. The average molecular weight is 329 g/mol. The number of hydrogen-bond donors (Lipinski definition) is 0. The van der Waals surface area contributed by atoms with Gasteiger partial charge in [0.25, 0.3) is 0 Å². The highest BCUT2D eigenvalue weighted by molar-refractivity contribution is 5.46. The van der Waals surface area contributed by atoms with Gasteiger partial charge in [-0.25, -0.2) is 4.39 Å². The number of ether oxygens (including phenoxy) is 3. The van der Waals surface area contributed by atoms with Crippen molar-refractivity contribution in [3.8, 4) is 17.2 Å². The first-order valence-electron chi connectivity index (χ1n) is 8.29. The molecular formula is C19H20FNO3. The third-order valence-electron chi connectivity index (χ3n) is 4.62. The molecule has 0 spiro atoms. The minimum absolute atomic E-state index is 0.139. The average Bonchev–Trinajstić information content (AvgIpc) is 3.23. The van der Waals surface area contributed by atoms with Crippen molar-refractivity contribution in [2.75, 3.05) is 19.9 Å². The molecule has 126 valence electrons. The van der Waals surface area contributed by atoms with E-state index in [0.29, 0.717) is 19.2 Å². The van der Waals surface area contributed by atoms with Crippen LogP contribution in [-0.4, -0.2) is 30.9 Å². The monoisotopic (exact) mass is 329 g/mol. The molecule has 0 amide bonds. The maximum Gasteiger partial charge on any atom is 0.231 e. The lowest BCUT2D eigenvalue weighted by molar-refractivity contribution is 0.164. The lowest BCUT2D eigenvalue weighted by Gasteiger charge is -2.24. The molecule has 0 aromatic heterocycles. The highest BCUT2D eigenvalue weighted by atomic mass is 19.1. The standard InChI is InChI=1S/C19H20FNO3/c20-17-6-2-1-4-14(17)11-21-9-3-5-15(21)12-22-16-7-8-18-19(10-16)24-13-23-18/h1-2,4,6-8,10,15H,3,5,9,11-13H2/t15-/m1/s1. The van der Waals surface area contributed by atoms with E-state index in [0.717, 1.165) is 42.2 Å². The smallest absolute Gasteiger partial charge is 0.231 e. The molecule has 4 nitrogen and oxygen atoms in total. The summed E-state index contributed by atoms with van der Waals surface area (Å²) in [6.45, 7) is 2.46. The van der Waals surface area contributed by atoms with Crippen molar-refractivity contribution in [1.29, 1.82) is 0 Å². The summed E-state index contributed by atoms with van der Waals surface area (Å²) in [5.41, 5.74) is 0.743. The van der Waals surface area contributed by atoms with Crippen molar-refractivity contribution in [3.63, 3.8) is 0 Å². The van der Waals surface area contributed by atoms with Gasteiger partial charge in [-0.15, -0.1) is 0 Å². The summed E-state index contributed by atoms with van der Waals surface area (Å²) in [7, 11) is 0. The van der Waals surface area contributed by atoms with Crippen LogP contribution in [-0.2, 0) is 6.54 Å². The summed E-state index contributed by atoms with van der Waals surface area (Å²) < 4.78 is 30.5. The van der Waals surface area contributed by atoms with Gasteiger partial charge >= 0.3 is 0 Å². The van der Waals surface area contributed by atoms with Crippen LogP contribution in [0.1, 0.15) is 18.4 Å². The van der Waals surface area contributed by atoms with E-state index in [1.54, 1.807) is 6.07 Å². The fourth-order valence-electron chi connectivity index (χ4n) is 3.30. The van der Waals surface area contributed by atoms with Gasteiger partial charge in [-0.05, 0) is 37.6 Å². The van der Waals surface area contributed by atoms with Crippen LogP contribution in [0.15, 0.2) is 42.5 Å². The zero-order valence-electron chi connectivity index (χ0n) is 13.4. The van der Waals surface area contributed by atoms with E-state index in [2.05, 4.69) is 4.90 Å². The van der Waals surface area contributed by atoms with Crippen molar-refractivity contribution in [2.45, 2.75) is 25.4 Å². The Kier molecular flexibility index (Phi) is 4.26. The van der Waals surface area contributed by atoms with Gasteiger partial charge in [-0.2, -0.15) is 0 Å². The largest absolute Gasteiger partial charge is 0.492 e. The number of likely N-dealkylation sites (tertiary alicyclic amines) is 1. The van der Waals surface area contributed by atoms with Crippen molar-refractivity contribution in [1.82, 2.24) is 4.90 Å². The number of rotatable bonds is 5. The van der Waals surface area contributed by atoms with E-state index in [1.807, 2.05) is 30.3 Å². The molecule has 0 N–H and O–H groups in total. The molecule has 0 bridgehead atoms. The van der Waals surface area contributed by atoms with Gasteiger partial charge in [-0.1, -0.05) is 18.2 Å². The zero-order valence-corrected chi connectivity index (χ0v) is 13.4. The Labute approximate surface area is 140 Å². The van der Waals surface area contributed by atoms with Gasteiger partial charge in [0.05, 0.1) is 0 Å². The molecule has 2 aliphatic rings. The third kappa shape index (κ3) is 3.17. The summed E-state index contributed by atoms with van der Waals surface area (Å²) >= 11 is 0. The van der Waals surface area contributed by atoms with Crippen LogP contribution >= 0.6 is 0 Å². The molecule has 2 aromatic rings. The Morgan fingerprint density at radius 2 is 2.00 bits per heavy atom. The summed E-state index contributed by atoms with van der Waals surface area (Å²) in [6.07, 6.45) is 2.18. The maximum absolute atomic E-state index is 13.9. The first-order chi connectivity index (χ1) is 11.8. The van der Waals surface area contributed by atoms with E-state index >= 15 is 0 Å². The Balaban J connectivity index is 1.38. The molecule has 2 aromatic carbocycles. The molecule has 5 heteroatoms. The summed E-state index contributed by atoms with van der Waals surface area (Å²) in [5.74, 6) is 2.11. The molecule has 0 radical (unpaired) electrons. The van der Waals surface area contributed by atoms with E-state index in [-0.39, 0.29) is 12.6 Å². The number of nitrogens with zero attached hydrogens (tertiary/aromatic N) is 1. The topological polar surface area (TPSA) is 30.9 Å². The molecule has 2 heterocycles. The van der Waals surface area contributed by atoms with Crippen LogP contribution in [0.4, 0.5) is 4.39 Å². The molecule has 24 heavy (non-hydrogen) atoms. The molecule has 0 aliphatic carbocycles. The molecule has 0 saturated carbocycles. The van der Waals surface area contributed by atoms with Crippen LogP contribution in [0.3, 0.4) is 0 Å². The first kappa shape index (κ1) is 15.3. The van der Waals surface area contributed by atoms with Crippen molar-refractivity contribution in [3.05, 3.63) is 53.8 Å². The summed E-state index contributed by atoms with van der Waals surface area (Å²) in [4.78, 5) is 2.30. The number of hydrogen-bond acceptors (Lipinski definition) is 4. The van der Waals surface area contributed by atoms with Crippen LogP contribution in [0.5, 0.6) is 17.2 Å². The Bertz CT molecular complexity index is 722. The Morgan fingerprint density at radius 1 is 1.12 bits per heavy atom. The van der Waals surface area contributed by atoms with Crippen LogP contribution in [0.2, 0.25) is 0 Å². The number of benzene rings is 2. The van der Waals surface area contributed by atoms with Crippen LogP contribution in [0, 0.1) is 5.82 Å². The molecule has 4 rings (SSSR count). The van der Waals surface area contributed by atoms with Crippen LogP contribution in [0.25, 0.3) is 0 Å². The van der Waals surface area contributed by atoms with Crippen LogP contribution < -0.4 is 14.2 Å². The number of fused-ring (bicyclic) bond motifs is 1. The second kappa shape index (κ2) is 6.69. The first-order valence-corrected chi connectivity index (χ1v) is 8.29. The molecule has 0 unspecified atom stereocenters. The van der Waals surface area contributed by atoms with E-state index in [9.17, 15) is 4.39 Å². The third-order valence-corrected chi connectivity index (χ3v) is 4.62. The normalized spacial score (nSPS) is 19.6. The van der Waals surface area contributed by atoms with Gasteiger partial charge in [0.2, 0.25) is 6.79 Å². The van der Waals surface area contributed by atoms with Crippen molar-refractivity contribution < 1.29 is 18.6 Å². The molecular weight excluding hydrogens is 309 g/mol. The lowest BCUT2D eigenvalue weighted by atomic mass is 10.2. The van der Waals surface area contributed by atoms with E-state index < -0.39 is 0 Å².